The van der Waals surface area contributed by atoms with Crippen molar-refractivity contribution < 1.29 is 4.79 Å². The molecular weight excluding hydrogens is 212 g/mol. The van der Waals surface area contributed by atoms with E-state index in [1.54, 1.807) is 0 Å². The second-order valence-electron chi connectivity index (χ2n) is 5.42. The van der Waals surface area contributed by atoms with Crippen LogP contribution in [0.2, 0.25) is 0 Å². The van der Waals surface area contributed by atoms with Crippen molar-refractivity contribution in [2.75, 3.05) is 0 Å². The summed E-state index contributed by atoms with van der Waals surface area (Å²) < 4.78 is 2.38. The molecule has 1 saturated carbocycles. The number of Topliss-reactive ketones (excluding diaryl/α,β-unsaturated/α-hetero) is 1. The van der Waals surface area contributed by atoms with Gasteiger partial charge in [-0.15, -0.1) is 0 Å². The van der Waals surface area contributed by atoms with Gasteiger partial charge in [0.2, 0.25) is 0 Å². The van der Waals surface area contributed by atoms with Gasteiger partial charge in [0, 0.05) is 24.6 Å². The van der Waals surface area contributed by atoms with Crippen molar-refractivity contribution in [3.8, 4) is 0 Å². The molecule has 1 aromatic rings. The highest BCUT2D eigenvalue weighted by Crippen LogP contribution is 2.32. The Labute approximate surface area is 102 Å². The standard InChI is InChI=1S/C14H20N2O/c1-10-15-13-7-2-3-8-14(13)16(10)11-5-4-6-12(17)9-11/h11H,2-9H2,1H3. The Kier molecular flexibility index (Phi) is 2.77. The number of aryl methyl sites for hydroxylation is 2. The Balaban J connectivity index is 1.96. The molecule has 3 rings (SSSR count). The van der Waals surface area contributed by atoms with E-state index in [-0.39, 0.29) is 0 Å². The fourth-order valence-corrected chi connectivity index (χ4v) is 3.40. The lowest BCUT2D eigenvalue weighted by Crippen LogP contribution is -2.22. The lowest BCUT2D eigenvalue weighted by molar-refractivity contribution is -0.121. The van der Waals surface area contributed by atoms with Gasteiger partial charge in [0.15, 0.2) is 0 Å². The zero-order chi connectivity index (χ0) is 11.8. The highest BCUT2D eigenvalue weighted by molar-refractivity contribution is 5.79. The van der Waals surface area contributed by atoms with Crippen molar-refractivity contribution in [3.05, 3.63) is 17.2 Å². The van der Waals surface area contributed by atoms with E-state index in [0.29, 0.717) is 11.8 Å². The number of ketones is 1. The molecule has 0 amide bonds. The monoisotopic (exact) mass is 232 g/mol. The van der Waals surface area contributed by atoms with Gasteiger partial charge in [-0.3, -0.25) is 4.79 Å². The number of carbonyl (C=O) groups is 1. The maximum atomic E-state index is 11.6. The molecule has 0 aromatic carbocycles. The molecule has 17 heavy (non-hydrogen) atoms. The Morgan fingerprint density at radius 3 is 2.82 bits per heavy atom. The number of imidazole rings is 1. The zero-order valence-electron chi connectivity index (χ0n) is 10.5. The molecule has 1 atom stereocenters. The van der Waals surface area contributed by atoms with Crippen molar-refractivity contribution in [3.63, 3.8) is 0 Å². The number of hydrogen-bond donors (Lipinski definition) is 0. The largest absolute Gasteiger partial charge is 0.328 e. The summed E-state index contributed by atoms with van der Waals surface area (Å²) in [6, 6.07) is 0.394. The first-order chi connectivity index (χ1) is 8.25. The van der Waals surface area contributed by atoms with E-state index in [1.807, 2.05) is 0 Å². The zero-order valence-corrected chi connectivity index (χ0v) is 10.5. The van der Waals surface area contributed by atoms with Gasteiger partial charge in [0.05, 0.1) is 5.69 Å². The molecule has 2 aliphatic carbocycles. The topological polar surface area (TPSA) is 34.9 Å². The Morgan fingerprint density at radius 2 is 2.00 bits per heavy atom. The first kappa shape index (κ1) is 11.0. The summed E-state index contributed by atoms with van der Waals surface area (Å²) in [6.07, 6.45) is 8.54. The van der Waals surface area contributed by atoms with Crippen LogP contribution in [0.5, 0.6) is 0 Å². The van der Waals surface area contributed by atoms with Gasteiger partial charge in [-0.2, -0.15) is 0 Å². The maximum Gasteiger partial charge on any atom is 0.134 e. The van der Waals surface area contributed by atoms with Crippen LogP contribution >= 0.6 is 0 Å². The highest BCUT2D eigenvalue weighted by Gasteiger charge is 2.26. The molecule has 92 valence electrons. The summed E-state index contributed by atoms with van der Waals surface area (Å²) in [5.74, 6) is 1.55. The molecular formula is C14H20N2O. The molecule has 2 aliphatic rings. The first-order valence-electron chi connectivity index (χ1n) is 6.84. The molecule has 1 aromatic heterocycles. The maximum absolute atomic E-state index is 11.6. The molecule has 0 aliphatic heterocycles. The molecule has 0 spiro atoms. The van der Waals surface area contributed by atoms with Crippen LogP contribution in [-0.2, 0) is 17.6 Å². The van der Waals surface area contributed by atoms with Gasteiger partial charge in [-0.1, -0.05) is 0 Å². The second-order valence-corrected chi connectivity index (χ2v) is 5.42. The number of carbonyl (C=O) groups excluding carboxylic acids is 1. The van der Waals surface area contributed by atoms with Crippen molar-refractivity contribution in [2.45, 2.75) is 64.3 Å². The van der Waals surface area contributed by atoms with Gasteiger partial charge in [0.25, 0.3) is 0 Å². The number of aromatic nitrogens is 2. The Morgan fingerprint density at radius 1 is 1.18 bits per heavy atom. The molecule has 0 radical (unpaired) electrons. The SMILES string of the molecule is Cc1nc2c(n1C1CCCC(=O)C1)CCCC2. The summed E-state index contributed by atoms with van der Waals surface area (Å²) in [4.78, 5) is 16.3. The fraction of sp³-hybridized carbons (Fsp3) is 0.714. The van der Waals surface area contributed by atoms with Gasteiger partial charge in [0.1, 0.15) is 11.6 Å². The predicted octanol–water partition coefficient (Wildman–Crippen LogP) is 2.75. The van der Waals surface area contributed by atoms with Gasteiger partial charge >= 0.3 is 0 Å². The minimum Gasteiger partial charge on any atom is -0.328 e. The first-order valence-corrected chi connectivity index (χ1v) is 6.84. The smallest absolute Gasteiger partial charge is 0.134 e. The predicted molar refractivity (Wildman–Crippen MR) is 66.1 cm³/mol. The molecule has 0 saturated heterocycles. The third-order valence-corrected chi connectivity index (χ3v) is 4.17. The molecule has 0 N–H and O–H groups in total. The van der Waals surface area contributed by atoms with Crippen LogP contribution in [0.4, 0.5) is 0 Å². The number of nitrogens with zero attached hydrogens (tertiary/aromatic N) is 2. The lowest BCUT2D eigenvalue weighted by Gasteiger charge is -2.26. The van der Waals surface area contributed by atoms with Crippen LogP contribution in [-0.4, -0.2) is 15.3 Å². The fourth-order valence-electron chi connectivity index (χ4n) is 3.40. The van der Waals surface area contributed by atoms with Crippen molar-refractivity contribution in [1.82, 2.24) is 9.55 Å². The van der Waals surface area contributed by atoms with E-state index in [1.165, 1.54) is 24.2 Å². The van der Waals surface area contributed by atoms with E-state index >= 15 is 0 Å². The van der Waals surface area contributed by atoms with E-state index in [2.05, 4.69) is 11.5 Å². The van der Waals surface area contributed by atoms with Crippen LogP contribution in [0, 0.1) is 6.92 Å². The van der Waals surface area contributed by atoms with Crippen molar-refractivity contribution >= 4 is 5.78 Å². The summed E-state index contributed by atoms with van der Waals surface area (Å²) in [7, 11) is 0. The highest BCUT2D eigenvalue weighted by atomic mass is 16.1. The third-order valence-electron chi connectivity index (χ3n) is 4.17. The van der Waals surface area contributed by atoms with Crippen LogP contribution in [0.3, 0.4) is 0 Å². The third kappa shape index (κ3) is 1.92. The number of hydrogen-bond acceptors (Lipinski definition) is 2. The van der Waals surface area contributed by atoms with Gasteiger partial charge < -0.3 is 4.57 Å². The summed E-state index contributed by atoms with van der Waals surface area (Å²) in [6.45, 7) is 2.09. The van der Waals surface area contributed by atoms with Crippen LogP contribution in [0.25, 0.3) is 0 Å². The van der Waals surface area contributed by atoms with E-state index < -0.39 is 0 Å². The van der Waals surface area contributed by atoms with Crippen LogP contribution in [0.1, 0.15) is 61.8 Å². The van der Waals surface area contributed by atoms with E-state index in [9.17, 15) is 4.79 Å². The quantitative estimate of drug-likeness (QED) is 0.746. The Bertz CT molecular complexity index is 447. The molecule has 1 unspecified atom stereocenters. The molecule has 3 nitrogen and oxygen atoms in total. The number of fused-ring (bicyclic) bond motifs is 1. The number of rotatable bonds is 1. The normalized spacial score (nSPS) is 24.8. The van der Waals surface area contributed by atoms with Gasteiger partial charge in [-0.05, 0) is 45.4 Å². The van der Waals surface area contributed by atoms with E-state index in [0.717, 1.165) is 44.3 Å². The summed E-state index contributed by atoms with van der Waals surface area (Å²) >= 11 is 0. The molecule has 1 heterocycles. The van der Waals surface area contributed by atoms with Gasteiger partial charge in [-0.25, -0.2) is 4.98 Å². The van der Waals surface area contributed by atoms with Crippen molar-refractivity contribution in [2.24, 2.45) is 0 Å². The average molecular weight is 232 g/mol. The minimum absolute atomic E-state index is 0.394. The molecule has 0 bridgehead atoms. The Hall–Kier alpha value is -1.12. The molecule has 3 heteroatoms. The van der Waals surface area contributed by atoms with Crippen LogP contribution < -0.4 is 0 Å². The van der Waals surface area contributed by atoms with Crippen LogP contribution in [0.15, 0.2) is 0 Å². The second kappa shape index (κ2) is 4.28. The summed E-state index contributed by atoms with van der Waals surface area (Å²) in [5, 5.41) is 0. The van der Waals surface area contributed by atoms with E-state index in [4.69, 9.17) is 4.98 Å². The molecule has 1 fully saturated rings. The lowest BCUT2D eigenvalue weighted by atomic mass is 9.93. The minimum atomic E-state index is 0.394. The summed E-state index contributed by atoms with van der Waals surface area (Å²) in [5.41, 5.74) is 2.72. The van der Waals surface area contributed by atoms with Crippen molar-refractivity contribution in [1.29, 1.82) is 0 Å². The average Bonchev–Trinajstić information content (AvgIpc) is 2.64.